The highest BCUT2D eigenvalue weighted by atomic mass is 16.5. The minimum absolute atomic E-state index is 0.00986. The number of amides is 1. The van der Waals surface area contributed by atoms with Crippen LogP contribution in [0.1, 0.15) is 25.3 Å². The molecule has 3 N–H and O–H groups in total. The first-order valence-electron chi connectivity index (χ1n) is 5.92. The molecule has 0 saturated heterocycles. The molecular weight excluding hydrogens is 216 g/mol. The SMILES string of the molecule is CCCOCCC(=O)NCc1ccccc1N. The minimum Gasteiger partial charge on any atom is -0.398 e. The molecule has 4 nitrogen and oxygen atoms in total. The lowest BCUT2D eigenvalue weighted by molar-refractivity contribution is -0.122. The van der Waals surface area contributed by atoms with Crippen molar-refractivity contribution in [1.82, 2.24) is 5.32 Å². The quantitative estimate of drug-likeness (QED) is 0.559. The van der Waals surface area contributed by atoms with Crippen molar-refractivity contribution in [3.63, 3.8) is 0 Å². The maximum Gasteiger partial charge on any atom is 0.222 e. The predicted molar refractivity (Wildman–Crippen MR) is 68.4 cm³/mol. The van der Waals surface area contributed by atoms with E-state index in [0.29, 0.717) is 31.9 Å². The molecule has 0 bridgehead atoms. The Bertz CT molecular complexity index is 353. The molecule has 0 unspecified atom stereocenters. The number of hydrogen-bond donors (Lipinski definition) is 2. The maximum absolute atomic E-state index is 11.5. The molecule has 0 atom stereocenters. The summed E-state index contributed by atoms with van der Waals surface area (Å²) in [6, 6.07) is 7.51. The molecule has 0 radical (unpaired) electrons. The molecule has 0 aliphatic rings. The van der Waals surface area contributed by atoms with E-state index in [2.05, 4.69) is 5.32 Å². The normalized spacial score (nSPS) is 10.2. The lowest BCUT2D eigenvalue weighted by atomic mass is 10.2. The summed E-state index contributed by atoms with van der Waals surface area (Å²) in [5.74, 6) is -0.00986. The number of carbonyl (C=O) groups excluding carboxylic acids is 1. The zero-order chi connectivity index (χ0) is 12.5. The number of carbonyl (C=O) groups is 1. The molecule has 0 aliphatic carbocycles. The fraction of sp³-hybridized carbons (Fsp3) is 0.462. The van der Waals surface area contributed by atoms with E-state index >= 15 is 0 Å². The topological polar surface area (TPSA) is 64.3 Å². The Hall–Kier alpha value is -1.55. The summed E-state index contributed by atoms with van der Waals surface area (Å²) >= 11 is 0. The van der Waals surface area contributed by atoms with E-state index in [1.165, 1.54) is 0 Å². The fourth-order valence-electron chi connectivity index (χ4n) is 1.39. The van der Waals surface area contributed by atoms with Gasteiger partial charge in [-0.1, -0.05) is 25.1 Å². The Kier molecular flexibility index (Phi) is 6.10. The monoisotopic (exact) mass is 236 g/mol. The van der Waals surface area contributed by atoms with Crippen LogP contribution in [-0.4, -0.2) is 19.1 Å². The van der Waals surface area contributed by atoms with Gasteiger partial charge in [-0.25, -0.2) is 0 Å². The van der Waals surface area contributed by atoms with E-state index in [1.807, 2.05) is 31.2 Å². The van der Waals surface area contributed by atoms with Crippen LogP contribution in [0.25, 0.3) is 0 Å². The van der Waals surface area contributed by atoms with Crippen molar-refractivity contribution in [2.75, 3.05) is 18.9 Å². The summed E-state index contributed by atoms with van der Waals surface area (Å²) in [5, 5.41) is 2.82. The first kappa shape index (κ1) is 13.5. The van der Waals surface area contributed by atoms with Crippen LogP contribution < -0.4 is 11.1 Å². The second-order valence-corrected chi connectivity index (χ2v) is 3.84. The first-order valence-corrected chi connectivity index (χ1v) is 5.92. The van der Waals surface area contributed by atoms with Crippen LogP contribution in [0.5, 0.6) is 0 Å². The number of ether oxygens (including phenoxy) is 1. The lowest BCUT2D eigenvalue weighted by Crippen LogP contribution is -2.24. The van der Waals surface area contributed by atoms with Crippen LogP contribution in [0.2, 0.25) is 0 Å². The third-order valence-electron chi connectivity index (χ3n) is 2.35. The number of nitrogens with two attached hydrogens (primary N) is 1. The van der Waals surface area contributed by atoms with Crippen molar-refractivity contribution in [3.8, 4) is 0 Å². The fourth-order valence-corrected chi connectivity index (χ4v) is 1.39. The summed E-state index contributed by atoms with van der Waals surface area (Å²) in [6.07, 6.45) is 1.37. The Morgan fingerprint density at radius 3 is 2.82 bits per heavy atom. The van der Waals surface area contributed by atoms with Gasteiger partial charge in [0.15, 0.2) is 0 Å². The van der Waals surface area contributed by atoms with Gasteiger partial charge in [-0.2, -0.15) is 0 Å². The van der Waals surface area contributed by atoms with Gasteiger partial charge in [-0.05, 0) is 18.1 Å². The van der Waals surface area contributed by atoms with Crippen molar-refractivity contribution >= 4 is 11.6 Å². The molecule has 17 heavy (non-hydrogen) atoms. The predicted octanol–water partition coefficient (Wildman–Crippen LogP) is 1.70. The highest BCUT2D eigenvalue weighted by Gasteiger charge is 2.02. The van der Waals surface area contributed by atoms with E-state index in [-0.39, 0.29) is 5.91 Å². The third-order valence-corrected chi connectivity index (χ3v) is 2.35. The smallest absolute Gasteiger partial charge is 0.222 e. The molecule has 4 heteroatoms. The van der Waals surface area contributed by atoms with E-state index in [0.717, 1.165) is 12.0 Å². The summed E-state index contributed by atoms with van der Waals surface area (Å²) < 4.78 is 5.24. The van der Waals surface area contributed by atoms with Gasteiger partial charge in [0.2, 0.25) is 5.91 Å². The zero-order valence-corrected chi connectivity index (χ0v) is 10.2. The molecule has 94 valence electrons. The van der Waals surface area contributed by atoms with Gasteiger partial charge in [0, 0.05) is 25.3 Å². The van der Waals surface area contributed by atoms with Crippen LogP contribution in [-0.2, 0) is 16.1 Å². The van der Waals surface area contributed by atoms with Crippen molar-refractivity contribution in [1.29, 1.82) is 0 Å². The summed E-state index contributed by atoms with van der Waals surface area (Å²) in [4.78, 5) is 11.5. The number of anilines is 1. The maximum atomic E-state index is 11.5. The number of para-hydroxylation sites is 1. The zero-order valence-electron chi connectivity index (χ0n) is 10.2. The van der Waals surface area contributed by atoms with Crippen molar-refractivity contribution in [3.05, 3.63) is 29.8 Å². The van der Waals surface area contributed by atoms with Crippen molar-refractivity contribution < 1.29 is 9.53 Å². The first-order chi connectivity index (χ1) is 8.24. The molecule has 1 aromatic carbocycles. The Labute approximate surface area is 102 Å². The molecule has 0 aromatic heterocycles. The van der Waals surface area contributed by atoms with Gasteiger partial charge in [0.05, 0.1) is 6.61 Å². The lowest BCUT2D eigenvalue weighted by Gasteiger charge is -2.07. The van der Waals surface area contributed by atoms with Crippen LogP contribution >= 0.6 is 0 Å². The van der Waals surface area contributed by atoms with E-state index in [4.69, 9.17) is 10.5 Å². The number of benzene rings is 1. The molecule has 1 aromatic rings. The minimum atomic E-state index is -0.00986. The number of nitrogens with one attached hydrogen (secondary N) is 1. The van der Waals surface area contributed by atoms with E-state index < -0.39 is 0 Å². The van der Waals surface area contributed by atoms with E-state index in [1.54, 1.807) is 0 Å². The summed E-state index contributed by atoms with van der Waals surface area (Å²) in [6.45, 7) is 3.69. The van der Waals surface area contributed by atoms with Gasteiger partial charge in [0.1, 0.15) is 0 Å². The Morgan fingerprint density at radius 2 is 2.12 bits per heavy atom. The number of hydrogen-bond acceptors (Lipinski definition) is 3. The second-order valence-electron chi connectivity index (χ2n) is 3.84. The highest BCUT2D eigenvalue weighted by molar-refractivity contribution is 5.76. The van der Waals surface area contributed by atoms with Crippen LogP contribution in [0.15, 0.2) is 24.3 Å². The van der Waals surface area contributed by atoms with Gasteiger partial charge in [0.25, 0.3) is 0 Å². The van der Waals surface area contributed by atoms with Gasteiger partial charge >= 0.3 is 0 Å². The Balaban J connectivity index is 2.22. The molecular formula is C13H20N2O2. The highest BCUT2D eigenvalue weighted by Crippen LogP contribution is 2.09. The number of rotatable bonds is 7. The van der Waals surface area contributed by atoms with Crippen molar-refractivity contribution in [2.45, 2.75) is 26.3 Å². The summed E-state index contributed by atoms with van der Waals surface area (Å²) in [7, 11) is 0. The standard InChI is InChI=1S/C13H20N2O2/c1-2-8-17-9-7-13(16)15-10-11-5-3-4-6-12(11)14/h3-6H,2,7-10,14H2,1H3,(H,15,16). The van der Waals surface area contributed by atoms with Crippen LogP contribution in [0.3, 0.4) is 0 Å². The van der Waals surface area contributed by atoms with Gasteiger partial charge < -0.3 is 15.8 Å². The molecule has 0 saturated carbocycles. The molecule has 0 fully saturated rings. The van der Waals surface area contributed by atoms with Crippen molar-refractivity contribution in [2.24, 2.45) is 0 Å². The number of nitrogen functional groups attached to an aromatic ring is 1. The Morgan fingerprint density at radius 1 is 1.35 bits per heavy atom. The average molecular weight is 236 g/mol. The second kappa shape index (κ2) is 7.68. The largest absolute Gasteiger partial charge is 0.398 e. The summed E-state index contributed by atoms with van der Waals surface area (Å²) in [5.41, 5.74) is 7.41. The van der Waals surface area contributed by atoms with Gasteiger partial charge in [-0.15, -0.1) is 0 Å². The van der Waals surface area contributed by atoms with Crippen LogP contribution in [0.4, 0.5) is 5.69 Å². The average Bonchev–Trinajstić information content (AvgIpc) is 2.34. The van der Waals surface area contributed by atoms with Gasteiger partial charge in [-0.3, -0.25) is 4.79 Å². The molecule has 0 heterocycles. The molecule has 1 amide bonds. The molecule has 1 rings (SSSR count). The third kappa shape index (κ3) is 5.36. The molecule has 0 aliphatic heterocycles. The molecule has 0 spiro atoms. The van der Waals surface area contributed by atoms with Crippen LogP contribution in [0, 0.1) is 0 Å². The van der Waals surface area contributed by atoms with E-state index in [9.17, 15) is 4.79 Å².